The standard InChI is InChI=1S/C9H11ClN4/c1-5(2)8-11-6-4-7(10)12-13-9(6)14(8)3/h4-5H,1-3H3. The van der Waals surface area contributed by atoms with Gasteiger partial charge in [-0.3, -0.25) is 0 Å². The van der Waals surface area contributed by atoms with Crippen LogP contribution < -0.4 is 0 Å². The molecule has 0 aliphatic heterocycles. The van der Waals surface area contributed by atoms with Crippen molar-refractivity contribution in [3.63, 3.8) is 0 Å². The Balaban J connectivity index is 2.73. The molecule has 0 N–H and O–H groups in total. The topological polar surface area (TPSA) is 43.6 Å². The van der Waals surface area contributed by atoms with Gasteiger partial charge in [-0.05, 0) is 0 Å². The van der Waals surface area contributed by atoms with Crippen LogP contribution in [0.15, 0.2) is 6.07 Å². The van der Waals surface area contributed by atoms with Crippen LogP contribution in [0.4, 0.5) is 0 Å². The average molecular weight is 211 g/mol. The molecule has 0 bridgehead atoms. The van der Waals surface area contributed by atoms with Gasteiger partial charge in [-0.1, -0.05) is 25.4 Å². The van der Waals surface area contributed by atoms with Crippen LogP contribution in [0.1, 0.15) is 25.6 Å². The van der Waals surface area contributed by atoms with Crippen molar-refractivity contribution in [2.24, 2.45) is 7.05 Å². The van der Waals surface area contributed by atoms with E-state index in [2.05, 4.69) is 29.0 Å². The third-order valence-corrected chi connectivity index (χ3v) is 2.32. The summed E-state index contributed by atoms with van der Waals surface area (Å²) in [5.74, 6) is 1.37. The summed E-state index contributed by atoms with van der Waals surface area (Å²) < 4.78 is 1.95. The highest BCUT2D eigenvalue weighted by Gasteiger charge is 2.12. The second-order valence-electron chi connectivity index (χ2n) is 3.56. The SMILES string of the molecule is CC(C)c1nc2cc(Cl)nnc2n1C. The van der Waals surface area contributed by atoms with Gasteiger partial charge >= 0.3 is 0 Å². The van der Waals surface area contributed by atoms with Crippen LogP contribution in [0.2, 0.25) is 5.15 Å². The lowest BCUT2D eigenvalue weighted by Crippen LogP contribution is -2.00. The predicted octanol–water partition coefficient (Wildman–Crippen LogP) is 2.14. The third kappa shape index (κ3) is 1.35. The number of nitrogens with zero attached hydrogens (tertiary/aromatic N) is 4. The van der Waals surface area contributed by atoms with Gasteiger partial charge in [0, 0.05) is 19.0 Å². The molecule has 0 aliphatic carbocycles. The van der Waals surface area contributed by atoms with E-state index in [1.165, 1.54) is 0 Å². The number of rotatable bonds is 1. The highest BCUT2D eigenvalue weighted by atomic mass is 35.5. The summed E-state index contributed by atoms with van der Waals surface area (Å²) in [6.45, 7) is 4.19. The monoisotopic (exact) mass is 210 g/mol. The molecule has 2 heterocycles. The van der Waals surface area contributed by atoms with E-state index >= 15 is 0 Å². The highest BCUT2D eigenvalue weighted by molar-refractivity contribution is 6.29. The molecule has 74 valence electrons. The van der Waals surface area contributed by atoms with Crippen molar-refractivity contribution in [1.29, 1.82) is 0 Å². The van der Waals surface area contributed by atoms with Crippen LogP contribution in [-0.2, 0) is 7.05 Å². The summed E-state index contributed by atoms with van der Waals surface area (Å²) in [5.41, 5.74) is 1.58. The van der Waals surface area contributed by atoms with E-state index < -0.39 is 0 Å². The van der Waals surface area contributed by atoms with Gasteiger partial charge in [0.15, 0.2) is 10.8 Å². The number of fused-ring (bicyclic) bond motifs is 1. The Hall–Kier alpha value is -1.16. The first-order valence-corrected chi connectivity index (χ1v) is 4.83. The Kier molecular flexibility index (Phi) is 2.15. The molecule has 2 rings (SSSR count). The molecule has 0 unspecified atom stereocenters. The molecule has 0 amide bonds. The van der Waals surface area contributed by atoms with E-state index in [1.807, 2.05) is 11.6 Å². The molecule has 5 heteroatoms. The van der Waals surface area contributed by atoms with Crippen molar-refractivity contribution >= 4 is 22.8 Å². The first kappa shape index (κ1) is 9.40. The van der Waals surface area contributed by atoms with Gasteiger partial charge < -0.3 is 4.57 Å². The summed E-state index contributed by atoms with van der Waals surface area (Å²) >= 11 is 5.74. The molecule has 2 aromatic rings. The number of halogens is 1. The minimum absolute atomic E-state index is 0.368. The molecule has 0 atom stereocenters. The number of aromatic nitrogens is 4. The molecule has 0 aromatic carbocycles. The van der Waals surface area contributed by atoms with E-state index in [4.69, 9.17) is 11.6 Å². The molecular weight excluding hydrogens is 200 g/mol. The fourth-order valence-electron chi connectivity index (χ4n) is 1.50. The van der Waals surface area contributed by atoms with Crippen molar-refractivity contribution in [2.75, 3.05) is 0 Å². The summed E-state index contributed by atoms with van der Waals surface area (Å²) in [6.07, 6.45) is 0. The number of hydrogen-bond acceptors (Lipinski definition) is 3. The van der Waals surface area contributed by atoms with Gasteiger partial charge in [0.05, 0.1) is 0 Å². The Morgan fingerprint density at radius 3 is 2.71 bits per heavy atom. The molecule has 0 aliphatic rings. The maximum absolute atomic E-state index is 5.74. The summed E-state index contributed by atoms with van der Waals surface area (Å²) in [7, 11) is 1.94. The van der Waals surface area contributed by atoms with Gasteiger partial charge in [0.1, 0.15) is 11.3 Å². The quantitative estimate of drug-likeness (QED) is 0.725. The second kappa shape index (κ2) is 3.20. The zero-order valence-electron chi connectivity index (χ0n) is 8.32. The van der Waals surface area contributed by atoms with Crippen molar-refractivity contribution in [3.8, 4) is 0 Å². The minimum atomic E-state index is 0.368. The van der Waals surface area contributed by atoms with Crippen LogP contribution in [0.5, 0.6) is 0 Å². The largest absolute Gasteiger partial charge is 0.314 e. The van der Waals surface area contributed by atoms with Crippen molar-refractivity contribution in [1.82, 2.24) is 19.7 Å². The fraction of sp³-hybridized carbons (Fsp3) is 0.444. The van der Waals surface area contributed by atoms with Crippen LogP contribution in [0, 0.1) is 0 Å². The molecule has 4 nitrogen and oxygen atoms in total. The molecule has 14 heavy (non-hydrogen) atoms. The van der Waals surface area contributed by atoms with Crippen LogP contribution in [0.3, 0.4) is 0 Å². The summed E-state index contributed by atoms with van der Waals surface area (Å²) in [6, 6.07) is 1.73. The lowest BCUT2D eigenvalue weighted by molar-refractivity contribution is 0.717. The highest BCUT2D eigenvalue weighted by Crippen LogP contribution is 2.19. The number of imidazole rings is 1. The third-order valence-electron chi connectivity index (χ3n) is 2.14. The summed E-state index contributed by atoms with van der Waals surface area (Å²) in [5, 5.41) is 8.18. The van der Waals surface area contributed by atoms with Crippen LogP contribution in [-0.4, -0.2) is 19.7 Å². The predicted molar refractivity (Wildman–Crippen MR) is 55.4 cm³/mol. The van der Waals surface area contributed by atoms with Crippen molar-refractivity contribution < 1.29 is 0 Å². The van der Waals surface area contributed by atoms with E-state index in [0.29, 0.717) is 11.1 Å². The van der Waals surface area contributed by atoms with E-state index in [-0.39, 0.29) is 0 Å². The number of aryl methyl sites for hydroxylation is 1. The second-order valence-corrected chi connectivity index (χ2v) is 3.95. The number of hydrogen-bond donors (Lipinski definition) is 0. The molecule has 2 aromatic heterocycles. The summed E-state index contributed by atoms with van der Waals surface area (Å²) in [4.78, 5) is 4.45. The minimum Gasteiger partial charge on any atom is -0.314 e. The normalized spacial score (nSPS) is 11.5. The molecule has 0 saturated carbocycles. The van der Waals surface area contributed by atoms with Crippen molar-refractivity contribution in [2.45, 2.75) is 19.8 Å². The van der Waals surface area contributed by atoms with E-state index in [1.54, 1.807) is 6.07 Å². The van der Waals surface area contributed by atoms with E-state index in [0.717, 1.165) is 17.0 Å². The maximum Gasteiger partial charge on any atom is 0.182 e. The Labute approximate surface area is 86.9 Å². The van der Waals surface area contributed by atoms with Crippen LogP contribution in [0.25, 0.3) is 11.2 Å². The van der Waals surface area contributed by atoms with Gasteiger partial charge in [-0.15, -0.1) is 10.2 Å². The van der Waals surface area contributed by atoms with Crippen molar-refractivity contribution in [3.05, 3.63) is 17.0 Å². The Morgan fingerprint density at radius 2 is 2.07 bits per heavy atom. The lowest BCUT2D eigenvalue weighted by atomic mass is 10.2. The molecular formula is C9H11ClN4. The zero-order chi connectivity index (χ0) is 10.3. The van der Waals surface area contributed by atoms with E-state index in [9.17, 15) is 0 Å². The molecule has 0 spiro atoms. The van der Waals surface area contributed by atoms with Gasteiger partial charge in [0.2, 0.25) is 0 Å². The smallest absolute Gasteiger partial charge is 0.182 e. The van der Waals surface area contributed by atoms with Gasteiger partial charge in [-0.2, -0.15) is 0 Å². The Bertz CT molecular complexity index is 475. The fourth-order valence-corrected chi connectivity index (χ4v) is 1.64. The Morgan fingerprint density at radius 1 is 1.36 bits per heavy atom. The maximum atomic E-state index is 5.74. The van der Waals surface area contributed by atoms with Crippen LogP contribution >= 0.6 is 11.6 Å². The lowest BCUT2D eigenvalue weighted by Gasteiger charge is -2.03. The first-order valence-electron chi connectivity index (χ1n) is 4.45. The average Bonchev–Trinajstić information content (AvgIpc) is 2.43. The zero-order valence-corrected chi connectivity index (χ0v) is 9.08. The first-order chi connectivity index (χ1) is 6.59. The molecule has 0 fully saturated rings. The molecule has 0 saturated heterocycles. The molecule has 0 radical (unpaired) electrons. The van der Waals surface area contributed by atoms with Gasteiger partial charge in [0.25, 0.3) is 0 Å². The van der Waals surface area contributed by atoms with Gasteiger partial charge in [-0.25, -0.2) is 4.98 Å².